The van der Waals surface area contributed by atoms with Crippen molar-refractivity contribution in [3.8, 4) is 11.8 Å². The van der Waals surface area contributed by atoms with Gasteiger partial charge in [0.1, 0.15) is 28.6 Å². The highest BCUT2D eigenvalue weighted by atomic mass is 79.9. The van der Waals surface area contributed by atoms with Gasteiger partial charge in [-0.1, -0.05) is 24.6 Å². The Bertz CT molecular complexity index is 1820. The average molecular weight is 975 g/mol. The predicted octanol–water partition coefficient (Wildman–Crippen LogP) is 6.62. The van der Waals surface area contributed by atoms with Crippen molar-refractivity contribution in [3.63, 3.8) is 0 Å². The first kappa shape index (κ1) is 58.5. The van der Waals surface area contributed by atoms with Gasteiger partial charge in [-0.05, 0) is 60.0 Å². The summed E-state index contributed by atoms with van der Waals surface area (Å²) in [5.74, 6) is -3.87. The molecule has 3 N–H and O–H groups in total. The molecule has 3 aromatic heterocycles. The van der Waals surface area contributed by atoms with E-state index in [1.807, 2.05) is 0 Å². The largest absolute Gasteiger partial charge is 0.477 e. The van der Waals surface area contributed by atoms with Crippen molar-refractivity contribution >= 4 is 45.6 Å². The number of esters is 3. The molecule has 1 unspecified atom stereocenters. The number of aromatic carboxylic acids is 1. The highest BCUT2D eigenvalue weighted by Gasteiger charge is 2.31. The van der Waals surface area contributed by atoms with Gasteiger partial charge in [0.05, 0.1) is 20.8 Å². The van der Waals surface area contributed by atoms with Crippen LogP contribution in [0.3, 0.4) is 0 Å². The molecule has 0 amide bonds. The van der Waals surface area contributed by atoms with E-state index in [1.165, 1.54) is 31.4 Å². The molecular formula is C36H41BrF9N3O13. The number of hydrogen-bond acceptors (Lipinski definition) is 15. The van der Waals surface area contributed by atoms with Crippen LogP contribution in [0.5, 0.6) is 11.8 Å². The number of carboxylic acids is 1. The fourth-order valence-electron chi connectivity index (χ4n) is 3.74. The van der Waals surface area contributed by atoms with Gasteiger partial charge in [0.15, 0.2) is 24.6 Å². The number of halogens is 10. The Morgan fingerprint density at radius 1 is 0.710 bits per heavy atom. The first-order valence-corrected chi connectivity index (χ1v) is 17.8. The smallest absolute Gasteiger partial charge is 0.422 e. The minimum Gasteiger partial charge on any atom is -0.477 e. The van der Waals surface area contributed by atoms with E-state index in [1.54, 1.807) is 25.1 Å². The molecule has 1 aliphatic rings. The number of carboxylic acid groups (broad SMARTS) is 1. The Morgan fingerprint density at radius 3 is 1.50 bits per heavy atom. The third kappa shape index (κ3) is 28.8. The number of aliphatic hydroxyl groups is 2. The molecule has 26 heteroatoms. The van der Waals surface area contributed by atoms with E-state index in [9.17, 15) is 63.5 Å². The number of methoxy groups -OCH3 is 2. The number of rotatable bonds is 9. The molecule has 0 radical (unpaired) electrons. The number of aromatic nitrogens is 3. The van der Waals surface area contributed by atoms with Crippen molar-refractivity contribution in [2.24, 2.45) is 5.92 Å². The van der Waals surface area contributed by atoms with E-state index in [0.29, 0.717) is 29.7 Å². The van der Waals surface area contributed by atoms with Gasteiger partial charge in [0.25, 0.3) is 0 Å². The summed E-state index contributed by atoms with van der Waals surface area (Å²) in [7, 11) is 3.47. The Morgan fingerprint density at radius 2 is 1.13 bits per heavy atom. The summed E-state index contributed by atoms with van der Waals surface area (Å²) in [6, 6.07) is 12.5. The second-order valence-electron chi connectivity index (χ2n) is 11.0. The zero-order chi connectivity index (χ0) is 48.1. The normalized spacial score (nSPS) is 13.0. The van der Waals surface area contributed by atoms with Crippen LogP contribution < -0.4 is 9.47 Å². The van der Waals surface area contributed by atoms with Gasteiger partial charge in [-0.2, -0.15) is 39.5 Å². The third-order valence-electron chi connectivity index (χ3n) is 6.24. The Kier molecular flexibility index (Phi) is 28.7. The SMILES string of the molecule is CCOC(=O)C1CCCCC1=O.CO.COC(=O)c1cccc(Br)n1.COC(=O)c1cccc(OCC(F)(F)F)n1.O=C(O)c1cccc(OCC(F)(F)F)n1.OCC(F)(F)F. The molecule has 0 saturated heterocycles. The number of Topliss-reactive ketones (excluding diaryl/α,β-unsaturated/α-hetero) is 1. The number of alkyl halides is 9. The highest BCUT2D eigenvalue weighted by molar-refractivity contribution is 9.10. The molecule has 3 aromatic rings. The molecule has 62 heavy (non-hydrogen) atoms. The summed E-state index contributed by atoms with van der Waals surface area (Å²) in [5, 5.41) is 22.8. The lowest BCUT2D eigenvalue weighted by molar-refractivity contribution is -0.159. The number of carbonyl (C=O) groups is 5. The van der Waals surface area contributed by atoms with Crippen molar-refractivity contribution in [1.82, 2.24) is 15.0 Å². The Labute approximate surface area is 355 Å². The fraction of sp³-hybridized carbons (Fsp3) is 0.444. The molecule has 3 heterocycles. The van der Waals surface area contributed by atoms with E-state index in [-0.39, 0.29) is 34.9 Å². The van der Waals surface area contributed by atoms with Crippen LogP contribution in [0.1, 0.15) is 64.1 Å². The Hall–Kier alpha value is -5.63. The predicted molar refractivity (Wildman–Crippen MR) is 198 cm³/mol. The Balaban J connectivity index is 0. The molecule has 1 aliphatic carbocycles. The minimum atomic E-state index is -4.47. The first-order chi connectivity index (χ1) is 28.9. The van der Waals surface area contributed by atoms with Gasteiger partial charge in [-0.3, -0.25) is 9.59 Å². The van der Waals surface area contributed by atoms with E-state index in [2.05, 4.69) is 49.8 Å². The van der Waals surface area contributed by atoms with Gasteiger partial charge in [0.2, 0.25) is 11.8 Å². The molecule has 4 rings (SSSR count). The third-order valence-corrected chi connectivity index (χ3v) is 6.68. The molecule has 16 nitrogen and oxygen atoms in total. The van der Waals surface area contributed by atoms with Crippen LogP contribution in [0.25, 0.3) is 0 Å². The van der Waals surface area contributed by atoms with Crippen LogP contribution >= 0.6 is 15.9 Å². The second kappa shape index (κ2) is 30.4. The number of nitrogens with zero attached hydrogens (tertiary/aromatic N) is 3. The maximum atomic E-state index is 11.8. The maximum absolute atomic E-state index is 11.8. The van der Waals surface area contributed by atoms with Crippen LogP contribution in [0.4, 0.5) is 39.5 Å². The molecule has 0 aromatic carbocycles. The lowest BCUT2D eigenvalue weighted by Gasteiger charge is -2.18. The van der Waals surface area contributed by atoms with Gasteiger partial charge in [0, 0.05) is 25.7 Å². The van der Waals surface area contributed by atoms with Crippen LogP contribution in [0, 0.1) is 5.92 Å². The fourth-order valence-corrected chi connectivity index (χ4v) is 4.08. The van der Waals surface area contributed by atoms with Crippen molar-refractivity contribution in [2.75, 3.05) is 47.8 Å². The van der Waals surface area contributed by atoms with E-state index < -0.39 is 62.2 Å². The zero-order valence-electron chi connectivity index (χ0n) is 33.0. The summed E-state index contributed by atoms with van der Waals surface area (Å²) < 4.78 is 125. The van der Waals surface area contributed by atoms with Crippen LogP contribution in [0.15, 0.2) is 59.2 Å². The van der Waals surface area contributed by atoms with Gasteiger partial charge in [-0.15, -0.1) is 0 Å². The molecule has 0 aliphatic heterocycles. The van der Waals surface area contributed by atoms with Gasteiger partial charge < -0.3 is 39.0 Å². The molecule has 1 saturated carbocycles. The van der Waals surface area contributed by atoms with Crippen molar-refractivity contribution in [2.45, 2.75) is 51.1 Å². The number of carbonyl (C=O) groups excluding carboxylic acids is 4. The molecule has 1 atom stereocenters. The van der Waals surface area contributed by atoms with Gasteiger partial charge in [-0.25, -0.2) is 29.3 Å². The number of ether oxygens (including phenoxy) is 5. The highest BCUT2D eigenvalue weighted by Crippen LogP contribution is 2.22. The minimum absolute atomic E-state index is 0.0553. The summed E-state index contributed by atoms with van der Waals surface area (Å²) in [6.07, 6.45) is -10.2. The standard InChI is InChI=1S/C9H8F3NO3.C9H14O3.C8H6F3NO3.C7H6BrNO2.C2H3F3O.CH4O/c1-15-8(14)6-3-2-4-7(13-6)16-5-9(10,11)12;1-2-12-9(11)7-5-3-4-6-8(7)10;9-8(10,11)4-15-6-3-1-2-5(12-6)7(13)14;1-11-7(10)5-3-2-4-6(8)9-5;3-2(4,5)1-6;1-2/h2-4H,5H2,1H3;7H,2-6H2,1H3;1-3H,4H2,(H,13,14);2-4H,1H3;6H,1H2;2H,1H3. The number of pyridine rings is 3. The topological polar surface area (TPSA) is 231 Å². The molecule has 0 bridgehead atoms. The lowest BCUT2D eigenvalue weighted by Crippen LogP contribution is -2.28. The first-order valence-electron chi connectivity index (χ1n) is 17.0. The van der Waals surface area contributed by atoms with E-state index >= 15 is 0 Å². The summed E-state index contributed by atoms with van der Waals surface area (Å²) in [4.78, 5) is 65.4. The van der Waals surface area contributed by atoms with Gasteiger partial charge >= 0.3 is 42.4 Å². The van der Waals surface area contributed by atoms with Crippen molar-refractivity contribution in [1.29, 1.82) is 0 Å². The lowest BCUT2D eigenvalue weighted by atomic mass is 9.88. The molecule has 1 fully saturated rings. The zero-order valence-corrected chi connectivity index (χ0v) is 34.6. The summed E-state index contributed by atoms with van der Waals surface area (Å²) >= 11 is 3.14. The molecular weight excluding hydrogens is 933 g/mol. The number of aliphatic hydroxyl groups excluding tert-OH is 2. The van der Waals surface area contributed by atoms with E-state index in [4.69, 9.17) is 20.1 Å². The van der Waals surface area contributed by atoms with E-state index in [0.717, 1.165) is 39.2 Å². The second-order valence-corrected chi connectivity index (χ2v) is 11.8. The quantitative estimate of drug-likeness (QED) is 0.0673. The van der Waals surface area contributed by atoms with Crippen molar-refractivity contribution < 1.29 is 102 Å². The number of ketones is 1. The number of hydrogen-bond donors (Lipinski definition) is 3. The average Bonchev–Trinajstić information content (AvgIpc) is 3.23. The molecule has 348 valence electrons. The van der Waals surface area contributed by atoms with Crippen LogP contribution in [-0.4, -0.2) is 126 Å². The van der Waals surface area contributed by atoms with Crippen LogP contribution in [-0.2, 0) is 23.8 Å². The summed E-state index contributed by atoms with van der Waals surface area (Å²) in [5.41, 5.74) is -0.168. The monoisotopic (exact) mass is 973 g/mol. The molecule has 0 spiro atoms. The maximum Gasteiger partial charge on any atom is 0.422 e. The van der Waals surface area contributed by atoms with Crippen LogP contribution in [0.2, 0.25) is 0 Å². The summed E-state index contributed by atoms with van der Waals surface area (Å²) in [6.45, 7) is -2.56. The van der Waals surface area contributed by atoms with Crippen molar-refractivity contribution in [3.05, 3.63) is 76.3 Å².